The minimum atomic E-state index is -4.39. The van der Waals surface area contributed by atoms with Crippen LogP contribution in [-0.2, 0) is 12.8 Å². The van der Waals surface area contributed by atoms with Crippen molar-refractivity contribution in [2.45, 2.75) is 26.6 Å². The van der Waals surface area contributed by atoms with Crippen molar-refractivity contribution in [3.8, 4) is 11.5 Å². The molecule has 10 heteroatoms. The van der Waals surface area contributed by atoms with Gasteiger partial charge in [0.15, 0.2) is 11.5 Å². The van der Waals surface area contributed by atoms with Crippen molar-refractivity contribution in [2.24, 2.45) is 0 Å². The van der Waals surface area contributed by atoms with Crippen LogP contribution in [0.3, 0.4) is 0 Å². The summed E-state index contributed by atoms with van der Waals surface area (Å²) in [6, 6.07) is 10.2. The van der Waals surface area contributed by atoms with E-state index in [-0.39, 0.29) is 12.5 Å². The first-order valence-electron chi connectivity index (χ1n) is 11.1. The molecule has 35 heavy (non-hydrogen) atoms. The molecule has 1 aromatic heterocycles. The predicted octanol–water partition coefficient (Wildman–Crippen LogP) is 4.86. The van der Waals surface area contributed by atoms with Crippen LogP contribution in [0, 0.1) is 13.8 Å². The highest BCUT2D eigenvalue weighted by molar-refractivity contribution is 5.95. The number of methoxy groups -OCH3 is 1. The van der Waals surface area contributed by atoms with E-state index < -0.39 is 11.7 Å². The molecule has 2 heterocycles. The summed E-state index contributed by atoms with van der Waals surface area (Å²) in [5.41, 5.74) is 1.85. The van der Waals surface area contributed by atoms with Crippen LogP contribution >= 0.6 is 0 Å². The highest BCUT2D eigenvalue weighted by atomic mass is 19.4. The number of aryl methyl sites for hydroxylation is 2. The third kappa shape index (κ3) is 5.36. The maximum atomic E-state index is 13.1. The minimum absolute atomic E-state index is 0.177. The molecule has 0 atom stereocenters. The molecule has 4 rings (SSSR count). The summed E-state index contributed by atoms with van der Waals surface area (Å²) in [6.45, 7) is 5.54. The normalized spacial score (nSPS) is 14.2. The topological polar surface area (TPSA) is 68.0 Å². The Balaban J connectivity index is 1.40. The van der Waals surface area contributed by atoms with Crippen molar-refractivity contribution in [1.29, 1.82) is 0 Å². The van der Waals surface area contributed by atoms with E-state index in [0.29, 0.717) is 54.7 Å². The first kappa shape index (κ1) is 24.4. The summed E-state index contributed by atoms with van der Waals surface area (Å²) in [7, 11) is 1.50. The van der Waals surface area contributed by atoms with Crippen LogP contribution in [0.1, 0.15) is 32.9 Å². The van der Waals surface area contributed by atoms with E-state index in [2.05, 4.69) is 5.16 Å². The number of rotatable bonds is 6. The molecule has 1 saturated heterocycles. The van der Waals surface area contributed by atoms with E-state index in [1.165, 1.54) is 13.2 Å². The van der Waals surface area contributed by atoms with Gasteiger partial charge in [-0.1, -0.05) is 11.2 Å². The van der Waals surface area contributed by atoms with E-state index in [9.17, 15) is 18.0 Å². The molecule has 0 N–H and O–H groups in total. The molecule has 0 spiro atoms. The fourth-order valence-corrected chi connectivity index (χ4v) is 4.01. The maximum Gasteiger partial charge on any atom is 0.416 e. The molecule has 1 aliphatic heterocycles. The molecule has 0 radical (unpaired) electrons. The Morgan fingerprint density at radius 2 is 1.80 bits per heavy atom. The zero-order chi connectivity index (χ0) is 25.2. The number of halogens is 3. The molecular formula is C25H26F3N3O4. The van der Waals surface area contributed by atoms with E-state index in [4.69, 9.17) is 14.0 Å². The quantitative estimate of drug-likeness (QED) is 0.493. The van der Waals surface area contributed by atoms with Gasteiger partial charge in [0.1, 0.15) is 12.4 Å². The summed E-state index contributed by atoms with van der Waals surface area (Å²) in [6.07, 6.45) is -4.39. The van der Waals surface area contributed by atoms with Crippen LogP contribution in [0.2, 0.25) is 0 Å². The van der Waals surface area contributed by atoms with Gasteiger partial charge < -0.3 is 23.8 Å². The molecule has 7 nitrogen and oxygen atoms in total. The highest BCUT2D eigenvalue weighted by Gasteiger charge is 2.31. The van der Waals surface area contributed by atoms with E-state index in [1.807, 2.05) is 18.7 Å². The Kier molecular flexibility index (Phi) is 6.90. The van der Waals surface area contributed by atoms with Gasteiger partial charge in [-0.2, -0.15) is 13.2 Å². The lowest BCUT2D eigenvalue weighted by Gasteiger charge is -2.36. The molecule has 0 aliphatic carbocycles. The second-order valence-electron chi connectivity index (χ2n) is 8.28. The highest BCUT2D eigenvalue weighted by Crippen LogP contribution is 2.33. The average Bonchev–Trinajstić information content (AvgIpc) is 3.18. The molecular weight excluding hydrogens is 463 g/mol. The molecule has 186 valence electrons. The Hall–Kier alpha value is -3.69. The Labute approximate surface area is 201 Å². The van der Waals surface area contributed by atoms with Gasteiger partial charge in [0.05, 0.1) is 23.9 Å². The van der Waals surface area contributed by atoms with Gasteiger partial charge in [-0.05, 0) is 50.2 Å². The lowest BCUT2D eigenvalue weighted by Crippen LogP contribution is -2.48. The number of carbonyl (C=O) groups is 1. The van der Waals surface area contributed by atoms with Crippen molar-refractivity contribution in [2.75, 3.05) is 38.2 Å². The van der Waals surface area contributed by atoms with Crippen molar-refractivity contribution < 1.29 is 32.0 Å². The molecule has 0 bridgehead atoms. The lowest BCUT2D eigenvalue weighted by molar-refractivity contribution is -0.137. The van der Waals surface area contributed by atoms with Crippen LogP contribution in [0.5, 0.6) is 11.5 Å². The number of carbonyl (C=O) groups excluding carboxylic acids is 1. The fourth-order valence-electron chi connectivity index (χ4n) is 4.01. The van der Waals surface area contributed by atoms with Crippen LogP contribution in [-0.4, -0.2) is 49.3 Å². The molecule has 1 amide bonds. The van der Waals surface area contributed by atoms with Crippen molar-refractivity contribution in [3.05, 3.63) is 70.6 Å². The summed E-state index contributed by atoms with van der Waals surface area (Å²) < 4.78 is 55.6. The molecule has 2 aromatic carbocycles. The third-order valence-corrected chi connectivity index (χ3v) is 6.07. The van der Waals surface area contributed by atoms with Crippen molar-refractivity contribution in [1.82, 2.24) is 10.1 Å². The number of hydrogen-bond acceptors (Lipinski definition) is 6. The number of amides is 1. The second kappa shape index (κ2) is 9.89. The van der Waals surface area contributed by atoms with Gasteiger partial charge in [-0.3, -0.25) is 4.79 Å². The standard InChI is InChI=1S/C25H26F3N3O4/c1-16-21(17(2)35-29-16)15-34-22-8-7-18(13-23(22)33-3)24(32)31-11-9-30(10-12-31)20-6-4-5-19(14-20)25(26,27)28/h4-8,13-14H,9-12,15H2,1-3H3. The average molecular weight is 489 g/mol. The van der Waals surface area contributed by atoms with Gasteiger partial charge >= 0.3 is 6.18 Å². The van der Waals surface area contributed by atoms with Gasteiger partial charge in [-0.15, -0.1) is 0 Å². The third-order valence-electron chi connectivity index (χ3n) is 6.07. The number of piperazine rings is 1. The van der Waals surface area contributed by atoms with Gasteiger partial charge in [0.2, 0.25) is 0 Å². The van der Waals surface area contributed by atoms with Crippen LogP contribution < -0.4 is 14.4 Å². The maximum absolute atomic E-state index is 13.1. The number of alkyl halides is 3. The monoisotopic (exact) mass is 489 g/mol. The lowest BCUT2D eigenvalue weighted by atomic mass is 10.1. The zero-order valence-electron chi connectivity index (χ0n) is 19.7. The van der Waals surface area contributed by atoms with E-state index in [0.717, 1.165) is 23.4 Å². The SMILES string of the molecule is COc1cc(C(=O)N2CCN(c3cccc(C(F)(F)F)c3)CC2)ccc1OCc1c(C)noc1C. The van der Waals surface area contributed by atoms with Crippen LogP contribution in [0.15, 0.2) is 47.0 Å². The van der Waals surface area contributed by atoms with Crippen molar-refractivity contribution in [3.63, 3.8) is 0 Å². The van der Waals surface area contributed by atoms with E-state index >= 15 is 0 Å². The number of ether oxygens (including phenoxy) is 2. The van der Waals surface area contributed by atoms with E-state index in [1.54, 1.807) is 29.2 Å². The zero-order valence-corrected chi connectivity index (χ0v) is 19.7. The number of hydrogen-bond donors (Lipinski definition) is 0. The fraction of sp³-hybridized carbons (Fsp3) is 0.360. The predicted molar refractivity (Wildman–Crippen MR) is 123 cm³/mol. The molecule has 1 fully saturated rings. The van der Waals surface area contributed by atoms with Crippen molar-refractivity contribution >= 4 is 11.6 Å². The number of aromatic nitrogens is 1. The van der Waals surface area contributed by atoms with Gasteiger partial charge in [-0.25, -0.2) is 0 Å². The van der Waals surface area contributed by atoms with Gasteiger partial charge in [0, 0.05) is 37.4 Å². The Bertz CT molecular complexity index is 1180. The first-order chi connectivity index (χ1) is 16.7. The largest absolute Gasteiger partial charge is 0.493 e. The number of nitrogens with zero attached hydrogens (tertiary/aromatic N) is 3. The molecule has 0 unspecified atom stereocenters. The summed E-state index contributed by atoms with van der Waals surface area (Å²) in [4.78, 5) is 16.6. The molecule has 1 aliphatic rings. The Morgan fingerprint density at radius 1 is 1.06 bits per heavy atom. The summed E-state index contributed by atoms with van der Waals surface area (Å²) in [5, 5.41) is 3.91. The molecule has 3 aromatic rings. The summed E-state index contributed by atoms with van der Waals surface area (Å²) >= 11 is 0. The van der Waals surface area contributed by atoms with Crippen LogP contribution in [0.25, 0.3) is 0 Å². The smallest absolute Gasteiger partial charge is 0.416 e. The van der Waals surface area contributed by atoms with Gasteiger partial charge in [0.25, 0.3) is 5.91 Å². The number of anilines is 1. The molecule has 0 saturated carbocycles. The Morgan fingerprint density at radius 3 is 2.43 bits per heavy atom. The summed E-state index contributed by atoms with van der Waals surface area (Å²) in [5.74, 6) is 1.41. The van der Waals surface area contributed by atoms with Crippen LogP contribution in [0.4, 0.5) is 18.9 Å². The second-order valence-corrected chi connectivity index (χ2v) is 8.28. The number of benzene rings is 2. The first-order valence-corrected chi connectivity index (χ1v) is 11.1. The minimum Gasteiger partial charge on any atom is -0.493 e.